The summed E-state index contributed by atoms with van der Waals surface area (Å²) in [6.45, 7) is 7.02. The number of nitrogens with one attached hydrogen (secondary N) is 1. The number of methoxy groups -OCH3 is 1. The van der Waals surface area contributed by atoms with Crippen molar-refractivity contribution in [1.29, 1.82) is 0 Å². The Balaban J connectivity index is 1.69. The lowest BCUT2D eigenvalue weighted by Crippen LogP contribution is -2.45. The first-order valence-electron chi connectivity index (χ1n) is 9.66. The number of rotatable bonds is 7. The molecule has 3 nitrogen and oxygen atoms in total. The summed E-state index contributed by atoms with van der Waals surface area (Å²) in [7, 11) is 1.71. The van der Waals surface area contributed by atoms with Crippen molar-refractivity contribution < 1.29 is 9.47 Å². The maximum absolute atomic E-state index is 6.02. The van der Waals surface area contributed by atoms with Crippen molar-refractivity contribution in [3.05, 3.63) is 64.7 Å². The smallest absolute Gasteiger partial charge is 0.118 e. The molecule has 146 valence electrons. The summed E-state index contributed by atoms with van der Waals surface area (Å²) in [6.07, 6.45) is 3.15. The van der Waals surface area contributed by atoms with Gasteiger partial charge in [-0.1, -0.05) is 35.9 Å². The molecule has 0 unspecified atom stereocenters. The van der Waals surface area contributed by atoms with Crippen LogP contribution in [0.3, 0.4) is 0 Å². The molecule has 3 rings (SSSR count). The van der Waals surface area contributed by atoms with Crippen molar-refractivity contribution in [2.24, 2.45) is 0 Å². The minimum atomic E-state index is -0.103. The Bertz CT molecular complexity index is 727. The van der Waals surface area contributed by atoms with E-state index in [1.807, 2.05) is 12.1 Å². The molecule has 1 aliphatic rings. The number of ether oxygens (including phenoxy) is 2. The third-order valence-electron chi connectivity index (χ3n) is 5.56. The van der Waals surface area contributed by atoms with E-state index in [2.05, 4.69) is 55.6 Å². The molecular formula is C23H30ClNO2. The molecule has 4 heteroatoms. The second-order valence-corrected chi connectivity index (χ2v) is 8.53. The van der Waals surface area contributed by atoms with E-state index in [4.69, 9.17) is 21.1 Å². The van der Waals surface area contributed by atoms with E-state index in [0.717, 1.165) is 49.7 Å². The Morgan fingerprint density at radius 1 is 1.07 bits per heavy atom. The molecule has 27 heavy (non-hydrogen) atoms. The van der Waals surface area contributed by atoms with Gasteiger partial charge in [-0.2, -0.15) is 0 Å². The number of hydrogen-bond donors (Lipinski definition) is 1. The van der Waals surface area contributed by atoms with Gasteiger partial charge < -0.3 is 14.8 Å². The predicted octanol–water partition coefficient (Wildman–Crippen LogP) is 5.36. The molecule has 2 aromatic carbocycles. The molecular weight excluding hydrogens is 358 g/mol. The van der Waals surface area contributed by atoms with Crippen LogP contribution in [0.2, 0.25) is 5.02 Å². The third-order valence-corrected chi connectivity index (χ3v) is 5.81. The average Bonchev–Trinajstić information content (AvgIpc) is 2.66. The standard InChI is InChI=1S/C23H30ClNO2/c1-22(2)17-23(13-15-27-22,19-6-10-21(26-3)11-7-19)12-14-25-16-18-4-8-20(24)9-5-18/h4-11,25H,12-17H2,1-3H3/t23-/m1/s1. The summed E-state index contributed by atoms with van der Waals surface area (Å²) in [4.78, 5) is 0. The molecule has 0 aliphatic carbocycles. The van der Waals surface area contributed by atoms with Crippen molar-refractivity contribution in [3.63, 3.8) is 0 Å². The molecule has 1 saturated heterocycles. The van der Waals surface area contributed by atoms with Crippen LogP contribution in [0.25, 0.3) is 0 Å². The van der Waals surface area contributed by atoms with Crippen molar-refractivity contribution in [2.45, 2.75) is 50.7 Å². The zero-order valence-corrected chi connectivity index (χ0v) is 17.3. The number of benzene rings is 2. The first-order valence-corrected chi connectivity index (χ1v) is 10.0. The Hall–Kier alpha value is -1.55. The second kappa shape index (κ2) is 8.64. The van der Waals surface area contributed by atoms with Gasteiger partial charge in [-0.15, -0.1) is 0 Å². The first kappa shape index (κ1) is 20.2. The van der Waals surface area contributed by atoms with Gasteiger partial charge in [-0.05, 0) is 75.0 Å². The average molecular weight is 388 g/mol. The van der Waals surface area contributed by atoms with E-state index in [9.17, 15) is 0 Å². The summed E-state index contributed by atoms with van der Waals surface area (Å²) in [5, 5.41) is 4.38. The molecule has 0 aromatic heterocycles. The summed E-state index contributed by atoms with van der Waals surface area (Å²) in [6, 6.07) is 16.6. The minimum absolute atomic E-state index is 0.103. The third kappa shape index (κ3) is 5.25. The van der Waals surface area contributed by atoms with E-state index < -0.39 is 0 Å². The fraction of sp³-hybridized carbons (Fsp3) is 0.478. The van der Waals surface area contributed by atoms with Crippen LogP contribution in [0.4, 0.5) is 0 Å². The normalized spacial score (nSPS) is 21.8. The van der Waals surface area contributed by atoms with Gasteiger partial charge in [0.1, 0.15) is 5.75 Å². The molecule has 1 atom stereocenters. The largest absolute Gasteiger partial charge is 0.497 e. The summed E-state index contributed by atoms with van der Waals surface area (Å²) in [5.41, 5.74) is 2.66. The van der Waals surface area contributed by atoms with Crippen LogP contribution >= 0.6 is 11.6 Å². The fourth-order valence-electron chi connectivity index (χ4n) is 4.19. The van der Waals surface area contributed by atoms with Crippen LogP contribution in [0.1, 0.15) is 44.2 Å². The van der Waals surface area contributed by atoms with Gasteiger partial charge in [0.15, 0.2) is 0 Å². The van der Waals surface area contributed by atoms with Crippen LogP contribution in [-0.2, 0) is 16.7 Å². The van der Waals surface area contributed by atoms with E-state index in [0.29, 0.717) is 0 Å². The highest BCUT2D eigenvalue weighted by Crippen LogP contribution is 2.44. The molecule has 0 spiro atoms. The van der Waals surface area contributed by atoms with E-state index >= 15 is 0 Å². The van der Waals surface area contributed by atoms with E-state index in [-0.39, 0.29) is 11.0 Å². The summed E-state index contributed by atoms with van der Waals surface area (Å²) >= 11 is 5.97. The lowest BCUT2D eigenvalue weighted by atomic mass is 9.67. The quantitative estimate of drug-likeness (QED) is 0.649. The maximum atomic E-state index is 6.02. The van der Waals surface area contributed by atoms with Crippen LogP contribution < -0.4 is 10.1 Å². The molecule has 0 saturated carbocycles. The zero-order valence-electron chi connectivity index (χ0n) is 16.6. The van der Waals surface area contributed by atoms with Crippen molar-refractivity contribution in [1.82, 2.24) is 5.32 Å². The first-order chi connectivity index (χ1) is 12.9. The Kier molecular flexibility index (Phi) is 6.46. The van der Waals surface area contributed by atoms with Crippen LogP contribution in [-0.4, -0.2) is 25.9 Å². The fourth-order valence-corrected chi connectivity index (χ4v) is 4.31. The highest BCUT2D eigenvalue weighted by atomic mass is 35.5. The highest BCUT2D eigenvalue weighted by molar-refractivity contribution is 6.30. The molecule has 0 amide bonds. The van der Waals surface area contributed by atoms with Crippen molar-refractivity contribution in [2.75, 3.05) is 20.3 Å². The van der Waals surface area contributed by atoms with Crippen molar-refractivity contribution in [3.8, 4) is 5.75 Å². The topological polar surface area (TPSA) is 30.5 Å². The van der Waals surface area contributed by atoms with Gasteiger partial charge in [0.25, 0.3) is 0 Å². The number of halogens is 1. The minimum Gasteiger partial charge on any atom is -0.497 e. The molecule has 1 aliphatic heterocycles. The lowest BCUT2D eigenvalue weighted by Gasteiger charge is -2.45. The molecule has 2 aromatic rings. The molecule has 1 fully saturated rings. The Morgan fingerprint density at radius 2 is 1.78 bits per heavy atom. The van der Waals surface area contributed by atoms with Crippen LogP contribution in [0.15, 0.2) is 48.5 Å². The monoisotopic (exact) mass is 387 g/mol. The lowest BCUT2D eigenvalue weighted by molar-refractivity contribution is -0.0840. The molecule has 0 radical (unpaired) electrons. The van der Waals surface area contributed by atoms with Crippen molar-refractivity contribution >= 4 is 11.6 Å². The Morgan fingerprint density at radius 3 is 2.41 bits per heavy atom. The SMILES string of the molecule is COc1ccc([C@]2(CCNCc3ccc(Cl)cc3)CCOC(C)(C)C2)cc1. The van der Waals surface area contributed by atoms with Crippen LogP contribution in [0.5, 0.6) is 5.75 Å². The zero-order chi connectivity index (χ0) is 19.3. The van der Waals surface area contributed by atoms with Gasteiger partial charge in [-0.25, -0.2) is 0 Å². The van der Waals surface area contributed by atoms with Gasteiger partial charge in [0.05, 0.1) is 12.7 Å². The predicted molar refractivity (Wildman–Crippen MR) is 112 cm³/mol. The highest BCUT2D eigenvalue weighted by Gasteiger charge is 2.41. The van der Waals surface area contributed by atoms with Gasteiger partial charge in [0, 0.05) is 23.6 Å². The van der Waals surface area contributed by atoms with E-state index in [1.54, 1.807) is 7.11 Å². The number of hydrogen-bond acceptors (Lipinski definition) is 3. The summed E-state index contributed by atoms with van der Waals surface area (Å²) < 4.78 is 11.4. The molecule has 1 N–H and O–H groups in total. The molecule has 0 bridgehead atoms. The summed E-state index contributed by atoms with van der Waals surface area (Å²) in [5.74, 6) is 0.904. The van der Waals surface area contributed by atoms with Gasteiger partial charge in [0.2, 0.25) is 0 Å². The second-order valence-electron chi connectivity index (χ2n) is 8.10. The van der Waals surface area contributed by atoms with Gasteiger partial charge >= 0.3 is 0 Å². The molecule has 1 heterocycles. The van der Waals surface area contributed by atoms with E-state index in [1.165, 1.54) is 11.1 Å². The Labute approximate surface area is 168 Å². The maximum Gasteiger partial charge on any atom is 0.118 e. The van der Waals surface area contributed by atoms with Gasteiger partial charge in [-0.3, -0.25) is 0 Å². The van der Waals surface area contributed by atoms with Crippen LogP contribution in [0, 0.1) is 0 Å².